The van der Waals surface area contributed by atoms with Crippen molar-refractivity contribution in [1.82, 2.24) is 5.32 Å². The molecule has 1 aliphatic rings. The van der Waals surface area contributed by atoms with Crippen LogP contribution in [0.4, 0.5) is 0 Å². The molecule has 3 nitrogen and oxygen atoms in total. The van der Waals surface area contributed by atoms with Crippen molar-refractivity contribution < 1.29 is 4.79 Å². The number of rotatable bonds is 3. The highest BCUT2D eigenvalue weighted by Gasteiger charge is 2.23. The Morgan fingerprint density at radius 3 is 2.92 bits per heavy atom. The molecule has 0 bridgehead atoms. The van der Waals surface area contributed by atoms with E-state index in [-0.39, 0.29) is 5.91 Å². The molecule has 0 aromatic heterocycles. The van der Waals surface area contributed by atoms with Gasteiger partial charge in [-0.25, -0.2) is 0 Å². The molecule has 1 rings (SSSR count). The first kappa shape index (κ1) is 9.26. The van der Waals surface area contributed by atoms with E-state index in [1.165, 1.54) is 6.08 Å². The average Bonchev–Trinajstić information content (AvgIpc) is 2.52. The molecule has 1 fully saturated rings. The number of nitrogens with two attached hydrogens (primary N) is 1. The Hall–Kier alpha value is -0.830. The van der Waals surface area contributed by atoms with Gasteiger partial charge in [-0.05, 0) is 37.8 Å². The highest BCUT2D eigenvalue weighted by molar-refractivity contribution is 5.87. The summed E-state index contributed by atoms with van der Waals surface area (Å²) in [6, 6.07) is 0.323. The molecule has 1 aliphatic carbocycles. The maximum absolute atomic E-state index is 10.9. The van der Waals surface area contributed by atoms with Gasteiger partial charge in [0.2, 0.25) is 5.91 Å². The molecule has 12 heavy (non-hydrogen) atoms. The van der Waals surface area contributed by atoms with Crippen LogP contribution in [0.25, 0.3) is 0 Å². The van der Waals surface area contributed by atoms with Crippen molar-refractivity contribution in [3.8, 4) is 0 Å². The average molecular weight is 168 g/mol. The van der Waals surface area contributed by atoms with Crippen LogP contribution in [0.15, 0.2) is 12.7 Å². The number of carbonyl (C=O) groups is 1. The van der Waals surface area contributed by atoms with E-state index in [9.17, 15) is 4.79 Å². The molecule has 1 saturated carbocycles. The van der Waals surface area contributed by atoms with Gasteiger partial charge in [0.1, 0.15) is 0 Å². The Morgan fingerprint density at radius 2 is 2.42 bits per heavy atom. The maximum atomic E-state index is 10.9. The third-order valence-electron chi connectivity index (χ3n) is 2.41. The van der Waals surface area contributed by atoms with Gasteiger partial charge < -0.3 is 11.1 Å². The van der Waals surface area contributed by atoms with Crippen LogP contribution in [0.1, 0.15) is 19.3 Å². The lowest BCUT2D eigenvalue weighted by molar-refractivity contribution is -0.117. The van der Waals surface area contributed by atoms with E-state index in [4.69, 9.17) is 5.73 Å². The van der Waals surface area contributed by atoms with Gasteiger partial charge in [-0.2, -0.15) is 0 Å². The number of hydrogen-bond donors (Lipinski definition) is 2. The van der Waals surface area contributed by atoms with Crippen LogP contribution in [-0.4, -0.2) is 18.5 Å². The van der Waals surface area contributed by atoms with Crippen molar-refractivity contribution in [3.05, 3.63) is 12.7 Å². The van der Waals surface area contributed by atoms with E-state index >= 15 is 0 Å². The van der Waals surface area contributed by atoms with Crippen molar-refractivity contribution >= 4 is 5.91 Å². The van der Waals surface area contributed by atoms with Crippen LogP contribution in [0.3, 0.4) is 0 Å². The van der Waals surface area contributed by atoms with Crippen molar-refractivity contribution in [2.24, 2.45) is 11.7 Å². The molecule has 2 unspecified atom stereocenters. The van der Waals surface area contributed by atoms with Gasteiger partial charge in [-0.15, -0.1) is 0 Å². The van der Waals surface area contributed by atoms with Crippen LogP contribution in [0, 0.1) is 5.92 Å². The fourth-order valence-electron chi connectivity index (χ4n) is 1.68. The Kier molecular flexibility index (Phi) is 3.29. The molecule has 0 radical (unpaired) electrons. The minimum absolute atomic E-state index is 0.0716. The fourth-order valence-corrected chi connectivity index (χ4v) is 1.68. The quantitative estimate of drug-likeness (QED) is 0.600. The summed E-state index contributed by atoms with van der Waals surface area (Å²) in [6.07, 6.45) is 4.53. The summed E-state index contributed by atoms with van der Waals surface area (Å²) in [5, 5.41) is 2.88. The summed E-state index contributed by atoms with van der Waals surface area (Å²) in [4.78, 5) is 10.9. The topological polar surface area (TPSA) is 55.1 Å². The van der Waals surface area contributed by atoms with Gasteiger partial charge in [0.05, 0.1) is 0 Å². The van der Waals surface area contributed by atoms with E-state index in [1.54, 1.807) is 0 Å². The third kappa shape index (κ3) is 2.34. The number of carbonyl (C=O) groups excluding carboxylic acids is 1. The van der Waals surface area contributed by atoms with Crippen molar-refractivity contribution in [2.75, 3.05) is 6.54 Å². The molecular weight excluding hydrogens is 152 g/mol. The van der Waals surface area contributed by atoms with Gasteiger partial charge >= 0.3 is 0 Å². The van der Waals surface area contributed by atoms with Crippen LogP contribution >= 0.6 is 0 Å². The van der Waals surface area contributed by atoms with E-state index in [1.807, 2.05) is 0 Å². The van der Waals surface area contributed by atoms with Crippen LogP contribution in [-0.2, 0) is 4.79 Å². The molecule has 0 spiro atoms. The molecule has 0 aliphatic heterocycles. The van der Waals surface area contributed by atoms with E-state index < -0.39 is 0 Å². The molecule has 0 saturated heterocycles. The Bertz CT molecular complexity index is 179. The second-order valence-corrected chi connectivity index (χ2v) is 3.32. The number of hydrogen-bond acceptors (Lipinski definition) is 2. The van der Waals surface area contributed by atoms with Crippen LogP contribution < -0.4 is 11.1 Å². The zero-order valence-electron chi connectivity index (χ0n) is 7.25. The predicted molar refractivity (Wildman–Crippen MR) is 48.5 cm³/mol. The van der Waals surface area contributed by atoms with Gasteiger partial charge in [0.15, 0.2) is 0 Å². The summed E-state index contributed by atoms with van der Waals surface area (Å²) >= 11 is 0. The molecule has 68 valence electrons. The third-order valence-corrected chi connectivity index (χ3v) is 2.41. The summed E-state index contributed by atoms with van der Waals surface area (Å²) in [7, 11) is 0. The second-order valence-electron chi connectivity index (χ2n) is 3.32. The normalized spacial score (nSPS) is 28.4. The Morgan fingerprint density at radius 1 is 1.67 bits per heavy atom. The lowest BCUT2D eigenvalue weighted by Gasteiger charge is -2.10. The first-order chi connectivity index (χ1) is 5.76. The Labute approximate surface area is 73.0 Å². The van der Waals surface area contributed by atoms with Crippen molar-refractivity contribution in [1.29, 1.82) is 0 Å². The zero-order chi connectivity index (χ0) is 8.97. The highest BCUT2D eigenvalue weighted by atomic mass is 16.1. The smallest absolute Gasteiger partial charge is 0.243 e. The van der Waals surface area contributed by atoms with E-state index in [0.29, 0.717) is 12.0 Å². The van der Waals surface area contributed by atoms with Crippen LogP contribution in [0.2, 0.25) is 0 Å². The summed E-state index contributed by atoms with van der Waals surface area (Å²) < 4.78 is 0. The highest BCUT2D eigenvalue weighted by Crippen LogP contribution is 2.24. The van der Waals surface area contributed by atoms with Gasteiger partial charge in [0.25, 0.3) is 0 Å². The largest absolute Gasteiger partial charge is 0.350 e. The first-order valence-electron chi connectivity index (χ1n) is 4.39. The molecule has 1 amide bonds. The summed E-state index contributed by atoms with van der Waals surface area (Å²) in [6.45, 7) is 4.14. The zero-order valence-corrected chi connectivity index (χ0v) is 7.25. The second kappa shape index (κ2) is 4.26. The maximum Gasteiger partial charge on any atom is 0.243 e. The number of nitrogens with one attached hydrogen (secondary N) is 1. The van der Waals surface area contributed by atoms with Crippen LogP contribution in [0.5, 0.6) is 0 Å². The van der Waals surface area contributed by atoms with Gasteiger partial charge in [0, 0.05) is 6.04 Å². The number of amides is 1. The minimum atomic E-state index is -0.0716. The Balaban J connectivity index is 2.27. The predicted octanol–water partition coefficient (Wildman–Crippen LogP) is 0.416. The van der Waals surface area contributed by atoms with Crippen molar-refractivity contribution in [2.45, 2.75) is 25.3 Å². The lowest BCUT2D eigenvalue weighted by atomic mass is 10.1. The SMILES string of the molecule is C=CC(=O)NC1CCC(CN)C1. The van der Waals surface area contributed by atoms with E-state index in [2.05, 4.69) is 11.9 Å². The molecule has 3 heteroatoms. The molecule has 0 heterocycles. The molecular formula is C9H16N2O. The van der Waals surface area contributed by atoms with Crippen molar-refractivity contribution in [3.63, 3.8) is 0 Å². The molecule has 0 aromatic rings. The molecule has 0 aromatic carbocycles. The molecule has 2 atom stereocenters. The minimum Gasteiger partial charge on any atom is -0.350 e. The van der Waals surface area contributed by atoms with E-state index in [0.717, 1.165) is 25.8 Å². The molecule has 3 N–H and O–H groups in total. The monoisotopic (exact) mass is 168 g/mol. The fraction of sp³-hybridized carbons (Fsp3) is 0.667. The summed E-state index contributed by atoms with van der Waals surface area (Å²) in [5.41, 5.74) is 5.53. The van der Waals surface area contributed by atoms with Gasteiger partial charge in [-0.1, -0.05) is 6.58 Å². The summed E-state index contributed by atoms with van der Waals surface area (Å²) in [5.74, 6) is 0.526. The lowest BCUT2D eigenvalue weighted by Crippen LogP contribution is -2.31. The van der Waals surface area contributed by atoms with Gasteiger partial charge in [-0.3, -0.25) is 4.79 Å². The first-order valence-corrected chi connectivity index (χ1v) is 4.39. The standard InChI is InChI=1S/C9H16N2O/c1-2-9(12)11-8-4-3-7(5-8)6-10/h2,7-8H,1,3-6,10H2,(H,11,12).